The molecule has 27 heavy (non-hydrogen) atoms. The third-order valence-electron chi connectivity index (χ3n) is 3.14. The second-order valence-corrected chi connectivity index (χ2v) is 8.17. The van der Waals surface area contributed by atoms with Crippen molar-refractivity contribution in [2.24, 2.45) is 5.92 Å². The smallest absolute Gasteiger partial charge is 0.262 e. The highest BCUT2D eigenvalue weighted by atomic mass is 79.9. The van der Waals surface area contributed by atoms with Gasteiger partial charge in [-0.1, -0.05) is 61.3 Å². The fourth-order valence-corrected chi connectivity index (χ4v) is 3.21. The average molecular weight is 476 g/mol. The molecule has 1 heterocycles. The van der Waals surface area contributed by atoms with E-state index in [1.807, 2.05) is 27.7 Å². The summed E-state index contributed by atoms with van der Waals surface area (Å²) in [6.45, 7) is 8.63. The van der Waals surface area contributed by atoms with Crippen molar-refractivity contribution in [2.75, 3.05) is 12.9 Å². The van der Waals surface area contributed by atoms with Crippen LogP contribution in [0, 0.1) is 5.92 Å². The third-order valence-corrected chi connectivity index (χ3v) is 4.54. The number of hydrogen-bond donors (Lipinski definition) is 1. The van der Waals surface area contributed by atoms with E-state index in [1.165, 1.54) is 6.26 Å². The lowest BCUT2D eigenvalue weighted by Gasteiger charge is -2.11. The molecule has 0 saturated carbocycles. The second kappa shape index (κ2) is 11.4. The van der Waals surface area contributed by atoms with E-state index in [0.29, 0.717) is 33.5 Å². The zero-order chi connectivity index (χ0) is 20.6. The third kappa shape index (κ3) is 7.24. The second-order valence-electron chi connectivity index (χ2n) is 5.80. The number of pyridine rings is 1. The highest BCUT2D eigenvalue weighted by Gasteiger charge is 2.13. The number of rotatable bonds is 6. The Hall–Kier alpha value is -1.44. The molecule has 5 nitrogen and oxygen atoms in total. The quantitative estimate of drug-likeness (QED) is 0.619. The number of benzene rings is 1. The van der Waals surface area contributed by atoms with Gasteiger partial charge in [-0.2, -0.15) is 0 Å². The summed E-state index contributed by atoms with van der Waals surface area (Å²) in [5.74, 6) is 0.376. The summed E-state index contributed by atoms with van der Waals surface area (Å²) in [5.41, 5.74) is 2.03. The molecule has 2 rings (SSSR count). The molecule has 0 aliphatic carbocycles. The maximum Gasteiger partial charge on any atom is 0.262 e. The van der Waals surface area contributed by atoms with Gasteiger partial charge in [-0.15, -0.1) is 0 Å². The molecule has 0 spiro atoms. The summed E-state index contributed by atoms with van der Waals surface area (Å²) in [6.07, 6.45) is 3.07. The lowest BCUT2D eigenvalue weighted by molar-refractivity contribution is 0.0983. The van der Waals surface area contributed by atoms with E-state index in [1.54, 1.807) is 30.5 Å². The zero-order valence-corrected chi connectivity index (χ0v) is 19.2. The molecule has 0 saturated heterocycles. The number of nitrogens with one attached hydrogen (secondary N) is 1. The van der Waals surface area contributed by atoms with Crippen molar-refractivity contribution in [2.45, 2.75) is 27.7 Å². The van der Waals surface area contributed by atoms with Crippen LogP contribution in [0.15, 0.2) is 34.9 Å². The molecule has 2 aromatic rings. The number of carbonyl (C=O) groups is 1. The number of halogens is 2. The monoisotopic (exact) mass is 474 g/mol. The molecular weight excluding hydrogens is 452 g/mol. The summed E-state index contributed by atoms with van der Waals surface area (Å²) < 4.78 is 19.7. The Labute approximate surface area is 176 Å². The standard InChI is InChI=1S/C17H18BrClN2O3S.C2H6/c1-10(2)9-24-17-15(19)7-12(8-20-17)13-5-4-11(6-14(13)18)16(22)21-25(3)23;1-2/h4-8,10H,9H2,1-3H3,(H,21,22);1-2H3. The van der Waals surface area contributed by atoms with E-state index in [9.17, 15) is 9.00 Å². The van der Waals surface area contributed by atoms with Gasteiger partial charge in [0, 0.05) is 28.1 Å². The molecule has 8 heteroatoms. The Kier molecular flexibility index (Phi) is 9.98. The number of carbonyl (C=O) groups excluding carboxylic acids is 1. The maximum atomic E-state index is 11.9. The minimum atomic E-state index is -1.41. The van der Waals surface area contributed by atoms with Crippen LogP contribution < -0.4 is 9.46 Å². The summed E-state index contributed by atoms with van der Waals surface area (Å²) in [7, 11) is -1.41. The van der Waals surface area contributed by atoms with Gasteiger partial charge in [0.25, 0.3) is 5.91 Å². The van der Waals surface area contributed by atoms with Crippen LogP contribution in [0.5, 0.6) is 5.88 Å². The van der Waals surface area contributed by atoms with Crippen LogP contribution in [-0.4, -0.2) is 28.0 Å². The highest BCUT2D eigenvalue weighted by Crippen LogP contribution is 2.33. The fraction of sp³-hybridized carbons (Fsp3) is 0.368. The molecule has 1 unspecified atom stereocenters. The van der Waals surface area contributed by atoms with Crippen molar-refractivity contribution >= 4 is 44.4 Å². The molecule has 1 N–H and O–H groups in total. The predicted molar refractivity (Wildman–Crippen MR) is 116 cm³/mol. The molecule has 1 atom stereocenters. The predicted octanol–water partition coefficient (Wildman–Crippen LogP) is 5.25. The van der Waals surface area contributed by atoms with Crippen molar-refractivity contribution in [3.63, 3.8) is 0 Å². The van der Waals surface area contributed by atoms with E-state index >= 15 is 0 Å². The minimum Gasteiger partial charge on any atom is -0.476 e. The van der Waals surface area contributed by atoms with Crippen molar-refractivity contribution < 1.29 is 13.7 Å². The summed E-state index contributed by atoms with van der Waals surface area (Å²) >= 11 is 9.71. The number of aromatic nitrogens is 1. The van der Waals surface area contributed by atoms with Crippen LogP contribution in [0.1, 0.15) is 38.1 Å². The zero-order valence-electron chi connectivity index (χ0n) is 16.0. The molecule has 0 aliphatic rings. The van der Waals surface area contributed by atoms with Crippen LogP contribution in [0.2, 0.25) is 5.02 Å². The van der Waals surface area contributed by atoms with Crippen LogP contribution in [0.4, 0.5) is 0 Å². The Balaban J connectivity index is 0.00000176. The first-order valence-electron chi connectivity index (χ1n) is 8.50. The Bertz CT molecular complexity index is 816. The van der Waals surface area contributed by atoms with Crippen LogP contribution in [-0.2, 0) is 11.0 Å². The van der Waals surface area contributed by atoms with Gasteiger partial charge >= 0.3 is 0 Å². The molecule has 1 aromatic heterocycles. The molecule has 0 bridgehead atoms. The lowest BCUT2D eigenvalue weighted by atomic mass is 10.1. The van der Waals surface area contributed by atoms with E-state index < -0.39 is 16.9 Å². The number of nitrogens with zero attached hydrogens (tertiary/aromatic N) is 1. The first kappa shape index (κ1) is 23.6. The fourth-order valence-electron chi connectivity index (χ4n) is 2.00. The molecule has 148 valence electrons. The van der Waals surface area contributed by atoms with Gasteiger partial charge in [-0.05, 0) is 29.7 Å². The van der Waals surface area contributed by atoms with Crippen molar-refractivity contribution in [1.82, 2.24) is 9.71 Å². The van der Waals surface area contributed by atoms with Gasteiger partial charge in [-0.25, -0.2) is 9.19 Å². The SMILES string of the molecule is CC.CC(C)COc1ncc(-c2ccc(C(=O)NS(C)=O)cc2Br)cc1Cl. The summed E-state index contributed by atoms with van der Waals surface area (Å²) in [5, 5.41) is 0.424. The molecular formula is C19H24BrClN2O3S. The summed E-state index contributed by atoms with van der Waals surface area (Å²) in [6, 6.07) is 6.86. The van der Waals surface area contributed by atoms with Crippen LogP contribution in [0.3, 0.4) is 0 Å². The number of amides is 1. The van der Waals surface area contributed by atoms with Gasteiger partial charge in [-0.3, -0.25) is 9.52 Å². The van der Waals surface area contributed by atoms with Gasteiger partial charge in [0.1, 0.15) is 16.0 Å². The molecule has 0 radical (unpaired) electrons. The normalized spacial score (nSPS) is 11.4. The van der Waals surface area contributed by atoms with E-state index in [-0.39, 0.29) is 0 Å². The van der Waals surface area contributed by atoms with Crippen LogP contribution in [0.25, 0.3) is 11.1 Å². The van der Waals surface area contributed by atoms with Gasteiger partial charge in [0.2, 0.25) is 5.88 Å². The maximum absolute atomic E-state index is 11.9. The lowest BCUT2D eigenvalue weighted by Crippen LogP contribution is -2.24. The first-order chi connectivity index (χ1) is 12.8. The summed E-state index contributed by atoms with van der Waals surface area (Å²) in [4.78, 5) is 16.2. The van der Waals surface area contributed by atoms with E-state index in [0.717, 1.165) is 11.1 Å². The first-order valence-corrected chi connectivity index (χ1v) is 11.2. The minimum absolute atomic E-state index is 0.378. The number of ether oxygens (including phenoxy) is 1. The highest BCUT2D eigenvalue weighted by molar-refractivity contribution is 9.10. The van der Waals surface area contributed by atoms with E-state index in [4.69, 9.17) is 16.3 Å². The molecule has 1 aromatic carbocycles. The molecule has 0 fully saturated rings. The van der Waals surface area contributed by atoms with Gasteiger partial charge in [0.15, 0.2) is 0 Å². The molecule has 1 amide bonds. The van der Waals surface area contributed by atoms with Crippen molar-refractivity contribution in [3.8, 4) is 17.0 Å². The molecule has 0 aliphatic heterocycles. The Morgan fingerprint density at radius 3 is 2.52 bits per heavy atom. The Morgan fingerprint density at radius 2 is 2.00 bits per heavy atom. The van der Waals surface area contributed by atoms with Gasteiger partial charge < -0.3 is 4.74 Å². The Morgan fingerprint density at radius 1 is 1.33 bits per heavy atom. The topological polar surface area (TPSA) is 68.3 Å². The average Bonchev–Trinajstić information content (AvgIpc) is 2.61. The van der Waals surface area contributed by atoms with Crippen molar-refractivity contribution in [1.29, 1.82) is 0 Å². The van der Waals surface area contributed by atoms with Gasteiger partial charge in [0.05, 0.1) is 6.61 Å². The van der Waals surface area contributed by atoms with Crippen molar-refractivity contribution in [3.05, 3.63) is 45.5 Å². The van der Waals surface area contributed by atoms with Crippen LogP contribution >= 0.6 is 27.5 Å². The number of hydrogen-bond acceptors (Lipinski definition) is 4. The van der Waals surface area contributed by atoms with E-state index in [2.05, 4.69) is 25.6 Å². The largest absolute Gasteiger partial charge is 0.476 e.